The quantitative estimate of drug-likeness (QED) is 0.896. The maximum absolute atomic E-state index is 10.9. The van der Waals surface area contributed by atoms with Gasteiger partial charge in [-0.25, -0.2) is 9.97 Å². The molecule has 0 bridgehead atoms. The summed E-state index contributed by atoms with van der Waals surface area (Å²) in [6.45, 7) is 6.33. The Morgan fingerprint density at radius 1 is 1.25 bits per heavy atom. The number of ether oxygens (including phenoxy) is 1. The van der Waals surface area contributed by atoms with Crippen LogP contribution in [0, 0.1) is 13.8 Å². The van der Waals surface area contributed by atoms with Gasteiger partial charge in [-0.05, 0) is 46.5 Å². The Balaban J connectivity index is 2.40. The van der Waals surface area contributed by atoms with E-state index < -0.39 is 5.97 Å². The number of aryl methyl sites for hydroxylation is 2. The molecule has 0 atom stereocenters. The molecule has 1 aliphatic carbocycles. The van der Waals surface area contributed by atoms with Gasteiger partial charge in [-0.1, -0.05) is 0 Å². The van der Waals surface area contributed by atoms with E-state index >= 15 is 0 Å². The van der Waals surface area contributed by atoms with Crippen molar-refractivity contribution in [3.8, 4) is 0 Å². The summed E-state index contributed by atoms with van der Waals surface area (Å²) in [7, 11) is 0. The first-order valence-corrected chi connectivity index (χ1v) is 7.19. The van der Waals surface area contributed by atoms with Crippen LogP contribution in [-0.4, -0.2) is 27.7 Å². The van der Waals surface area contributed by atoms with Crippen LogP contribution in [0.2, 0.25) is 0 Å². The second-order valence-corrected chi connectivity index (χ2v) is 5.40. The van der Waals surface area contributed by atoms with Gasteiger partial charge in [-0.2, -0.15) is 0 Å². The first-order valence-electron chi connectivity index (χ1n) is 7.19. The van der Waals surface area contributed by atoms with Gasteiger partial charge in [0.15, 0.2) is 5.82 Å². The lowest BCUT2D eigenvalue weighted by atomic mass is 9.99. The summed E-state index contributed by atoms with van der Waals surface area (Å²) in [5.41, 5.74) is 1.85. The number of carbonyl (C=O) groups is 1. The molecule has 2 rings (SSSR count). The standard InChI is InChI=1S/C15H22N2O3/c1-4-20-15(7-5-6-8-15)14-16-10(2)12(9-13(18)19)11(3)17-14/h4-9H2,1-3H3,(H,18,19). The highest BCUT2D eigenvalue weighted by Crippen LogP contribution is 2.40. The van der Waals surface area contributed by atoms with Crippen molar-refractivity contribution in [1.82, 2.24) is 9.97 Å². The molecule has 0 aliphatic heterocycles. The van der Waals surface area contributed by atoms with Crippen LogP contribution in [0.15, 0.2) is 0 Å². The molecule has 1 saturated carbocycles. The largest absolute Gasteiger partial charge is 0.481 e. The first kappa shape index (κ1) is 14.9. The molecule has 0 saturated heterocycles. The molecule has 1 aromatic rings. The van der Waals surface area contributed by atoms with Gasteiger partial charge in [0, 0.05) is 23.6 Å². The number of hydrogen-bond donors (Lipinski definition) is 1. The van der Waals surface area contributed by atoms with Gasteiger partial charge < -0.3 is 9.84 Å². The Labute approximate surface area is 119 Å². The summed E-state index contributed by atoms with van der Waals surface area (Å²) < 4.78 is 5.97. The van der Waals surface area contributed by atoms with Crippen molar-refractivity contribution in [3.63, 3.8) is 0 Å². The van der Waals surface area contributed by atoms with Crippen molar-refractivity contribution in [2.75, 3.05) is 6.61 Å². The summed E-state index contributed by atoms with van der Waals surface area (Å²) in [6, 6.07) is 0. The molecule has 0 spiro atoms. The van der Waals surface area contributed by atoms with Crippen LogP contribution in [0.1, 0.15) is 55.4 Å². The summed E-state index contributed by atoms with van der Waals surface area (Å²) in [4.78, 5) is 20.0. The molecule has 0 amide bonds. The van der Waals surface area contributed by atoms with Crippen LogP contribution in [0.3, 0.4) is 0 Å². The summed E-state index contributed by atoms with van der Waals surface area (Å²) in [5.74, 6) is -0.131. The lowest BCUT2D eigenvalue weighted by Gasteiger charge is -2.28. The van der Waals surface area contributed by atoms with E-state index in [-0.39, 0.29) is 12.0 Å². The fraction of sp³-hybridized carbons (Fsp3) is 0.667. The van der Waals surface area contributed by atoms with Crippen molar-refractivity contribution >= 4 is 5.97 Å². The summed E-state index contributed by atoms with van der Waals surface area (Å²) >= 11 is 0. The Bertz CT molecular complexity index is 485. The number of hydrogen-bond acceptors (Lipinski definition) is 4. The van der Waals surface area contributed by atoms with Gasteiger partial charge in [-0.15, -0.1) is 0 Å². The average Bonchev–Trinajstić information content (AvgIpc) is 2.83. The van der Waals surface area contributed by atoms with Crippen LogP contribution in [-0.2, 0) is 21.6 Å². The highest BCUT2D eigenvalue weighted by molar-refractivity contribution is 5.70. The Hall–Kier alpha value is -1.49. The number of aliphatic carboxylic acids is 1. The molecule has 5 nitrogen and oxygen atoms in total. The molecular weight excluding hydrogens is 256 g/mol. The smallest absolute Gasteiger partial charge is 0.307 e. The molecule has 1 fully saturated rings. The number of aromatic nitrogens is 2. The van der Waals surface area contributed by atoms with Crippen LogP contribution >= 0.6 is 0 Å². The van der Waals surface area contributed by atoms with Crippen molar-refractivity contribution in [1.29, 1.82) is 0 Å². The number of carboxylic acid groups (broad SMARTS) is 1. The van der Waals surface area contributed by atoms with Crippen molar-refractivity contribution < 1.29 is 14.6 Å². The normalized spacial score (nSPS) is 17.4. The van der Waals surface area contributed by atoms with Crippen LogP contribution < -0.4 is 0 Å². The molecule has 1 aliphatic rings. The van der Waals surface area contributed by atoms with Gasteiger partial charge in [0.1, 0.15) is 5.60 Å². The second kappa shape index (κ2) is 5.87. The summed E-state index contributed by atoms with van der Waals surface area (Å²) in [5, 5.41) is 8.95. The Morgan fingerprint density at radius 2 is 1.80 bits per heavy atom. The number of nitrogens with zero attached hydrogens (tertiary/aromatic N) is 2. The van der Waals surface area contributed by atoms with Crippen LogP contribution in [0.4, 0.5) is 0 Å². The molecule has 1 N–H and O–H groups in total. The highest BCUT2D eigenvalue weighted by Gasteiger charge is 2.39. The van der Waals surface area contributed by atoms with Crippen molar-refractivity contribution in [3.05, 3.63) is 22.8 Å². The van der Waals surface area contributed by atoms with Gasteiger partial charge in [0.2, 0.25) is 0 Å². The molecule has 110 valence electrons. The monoisotopic (exact) mass is 278 g/mol. The SMILES string of the molecule is CCOC1(c2nc(C)c(CC(=O)O)c(C)n2)CCCC1. The molecule has 5 heteroatoms. The van der Waals surface area contributed by atoms with E-state index in [4.69, 9.17) is 9.84 Å². The van der Waals surface area contributed by atoms with E-state index in [1.807, 2.05) is 20.8 Å². The van der Waals surface area contributed by atoms with Crippen molar-refractivity contribution in [2.45, 2.75) is 58.5 Å². The second-order valence-electron chi connectivity index (χ2n) is 5.40. The molecule has 0 unspecified atom stereocenters. The van der Waals surface area contributed by atoms with Gasteiger partial charge >= 0.3 is 5.97 Å². The van der Waals surface area contributed by atoms with E-state index in [1.165, 1.54) is 0 Å². The maximum Gasteiger partial charge on any atom is 0.307 e. The van der Waals surface area contributed by atoms with E-state index in [9.17, 15) is 4.79 Å². The fourth-order valence-corrected chi connectivity index (χ4v) is 3.01. The minimum absolute atomic E-state index is 0.0282. The minimum Gasteiger partial charge on any atom is -0.481 e. The highest BCUT2D eigenvalue weighted by atomic mass is 16.5. The lowest BCUT2D eigenvalue weighted by Crippen LogP contribution is -2.30. The molecular formula is C15H22N2O3. The zero-order valence-electron chi connectivity index (χ0n) is 12.4. The molecule has 0 radical (unpaired) electrons. The van der Waals surface area contributed by atoms with Crippen LogP contribution in [0.25, 0.3) is 0 Å². The number of carboxylic acids is 1. The third-order valence-corrected chi connectivity index (χ3v) is 3.99. The predicted octanol–water partition coefficient (Wildman–Crippen LogP) is 2.53. The summed E-state index contributed by atoms with van der Waals surface area (Å²) in [6.07, 6.45) is 4.10. The molecule has 0 aromatic carbocycles. The predicted molar refractivity (Wildman–Crippen MR) is 74.6 cm³/mol. The maximum atomic E-state index is 10.9. The average molecular weight is 278 g/mol. The minimum atomic E-state index is -0.854. The first-order chi connectivity index (χ1) is 9.48. The van der Waals surface area contributed by atoms with E-state index in [0.717, 1.165) is 42.9 Å². The molecule has 1 aromatic heterocycles. The topological polar surface area (TPSA) is 72.3 Å². The van der Waals surface area contributed by atoms with Crippen molar-refractivity contribution in [2.24, 2.45) is 0 Å². The molecule has 20 heavy (non-hydrogen) atoms. The zero-order chi connectivity index (χ0) is 14.8. The van der Waals surface area contributed by atoms with E-state index in [0.29, 0.717) is 12.2 Å². The third kappa shape index (κ3) is 2.82. The Kier molecular flexibility index (Phi) is 4.38. The van der Waals surface area contributed by atoms with Gasteiger partial charge in [0.25, 0.3) is 0 Å². The van der Waals surface area contributed by atoms with E-state index in [2.05, 4.69) is 9.97 Å². The van der Waals surface area contributed by atoms with E-state index in [1.54, 1.807) is 0 Å². The van der Waals surface area contributed by atoms with Gasteiger partial charge in [-0.3, -0.25) is 4.79 Å². The Morgan fingerprint density at radius 3 is 2.25 bits per heavy atom. The van der Waals surface area contributed by atoms with Crippen LogP contribution in [0.5, 0.6) is 0 Å². The van der Waals surface area contributed by atoms with Gasteiger partial charge in [0.05, 0.1) is 6.42 Å². The zero-order valence-corrected chi connectivity index (χ0v) is 12.4. The fourth-order valence-electron chi connectivity index (χ4n) is 3.01. The molecule has 1 heterocycles. The lowest BCUT2D eigenvalue weighted by molar-refractivity contribution is -0.136. The third-order valence-electron chi connectivity index (χ3n) is 3.99. The number of rotatable bonds is 5.